The number of nitriles is 1. The molecule has 0 atom stereocenters. The van der Waals surface area contributed by atoms with E-state index in [2.05, 4.69) is 33.4 Å². The van der Waals surface area contributed by atoms with Crippen LogP contribution in [0.2, 0.25) is 17.7 Å². The molecular weight excluding hydrogens is 325 g/mol. The van der Waals surface area contributed by atoms with Gasteiger partial charge in [-0.25, -0.2) is 0 Å². The molecular formula is C16H31NSn. The van der Waals surface area contributed by atoms with Gasteiger partial charge in [-0.05, 0) is 0 Å². The first-order valence-electron chi connectivity index (χ1n) is 7.72. The summed E-state index contributed by atoms with van der Waals surface area (Å²) < 4.78 is 5.56. The third-order valence-corrected chi connectivity index (χ3v) is 19.4. The molecule has 2 heteroatoms. The van der Waals surface area contributed by atoms with Crippen molar-refractivity contribution >= 4 is 18.4 Å². The topological polar surface area (TPSA) is 23.8 Å². The molecule has 0 radical (unpaired) electrons. The molecule has 0 spiro atoms. The van der Waals surface area contributed by atoms with Crippen LogP contribution >= 0.6 is 0 Å². The van der Waals surface area contributed by atoms with Crippen molar-refractivity contribution in [3.05, 3.63) is 12.2 Å². The van der Waals surface area contributed by atoms with Gasteiger partial charge in [0.2, 0.25) is 0 Å². The van der Waals surface area contributed by atoms with Crippen molar-refractivity contribution in [2.75, 3.05) is 0 Å². The number of allylic oxidation sites excluding steroid dienone is 1. The number of hydrogen-bond donors (Lipinski definition) is 0. The summed E-state index contributed by atoms with van der Waals surface area (Å²) in [5.74, 6) is 0. The summed E-state index contributed by atoms with van der Waals surface area (Å²) in [5, 5.41) is 9.06. The van der Waals surface area contributed by atoms with Crippen LogP contribution in [0.3, 0.4) is 0 Å². The van der Waals surface area contributed by atoms with Gasteiger partial charge in [-0.3, -0.25) is 0 Å². The van der Waals surface area contributed by atoms with E-state index in [0.29, 0.717) is 0 Å². The second-order valence-corrected chi connectivity index (χ2v) is 19.6. The van der Waals surface area contributed by atoms with E-state index in [0.717, 1.165) is 10.0 Å². The fourth-order valence-electron chi connectivity index (χ4n) is 2.79. The summed E-state index contributed by atoms with van der Waals surface area (Å²) in [5.41, 5.74) is 0.870. The molecule has 18 heavy (non-hydrogen) atoms. The average molecular weight is 356 g/mol. The summed E-state index contributed by atoms with van der Waals surface area (Å²) in [6.07, 6.45) is 8.04. The molecule has 0 heterocycles. The van der Waals surface area contributed by atoms with Crippen LogP contribution in [0.1, 0.15) is 59.3 Å². The molecule has 0 bridgehead atoms. The maximum atomic E-state index is 9.06. The van der Waals surface area contributed by atoms with E-state index in [-0.39, 0.29) is 0 Å². The molecule has 0 N–H and O–H groups in total. The minimum atomic E-state index is -2.09. The fraction of sp³-hybridized carbons (Fsp3) is 0.812. The second kappa shape index (κ2) is 10.9. The Morgan fingerprint density at radius 3 is 1.61 bits per heavy atom. The normalized spacial score (nSPS) is 11.2. The summed E-state index contributed by atoms with van der Waals surface area (Å²) in [6, 6.07) is 2.31. The van der Waals surface area contributed by atoms with Crippen LogP contribution in [0, 0.1) is 11.3 Å². The first kappa shape index (κ1) is 18.0. The molecule has 1 nitrogen and oxygen atoms in total. The Balaban J connectivity index is 4.73. The Labute approximate surface area is 119 Å². The molecule has 0 aliphatic rings. The van der Waals surface area contributed by atoms with Crippen molar-refractivity contribution in [3.8, 4) is 6.07 Å². The van der Waals surface area contributed by atoms with Crippen molar-refractivity contribution in [1.29, 1.82) is 5.26 Å². The van der Waals surface area contributed by atoms with Crippen LogP contribution in [0.5, 0.6) is 0 Å². The Hall–Kier alpha value is 0.0287. The van der Waals surface area contributed by atoms with Crippen molar-refractivity contribution in [3.63, 3.8) is 0 Å². The second-order valence-electron chi connectivity index (χ2n) is 5.70. The van der Waals surface area contributed by atoms with Crippen molar-refractivity contribution in [1.82, 2.24) is 0 Å². The first-order chi connectivity index (χ1) is 8.64. The molecule has 0 aromatic heterocycles. The summed E-state index contributed by atoms with van der Waals surface area (Å²) in [7, 11) is 0. The standard InChI is InChI=1S/C4H4N.3C4H9.Sn/c1-4(2)3-5;3*1-3-4-2;/h1-2H2;3*1,3-4H2,2H3;. The van der Waals surface area contributed by atoms with Crippen molar-refractivity contribution in [2.24, 2.45) is 0 Å². The summed E-state index contributed by atoms with van der Waals surface area (Å²) in [4.78, 5) is 0. The molecule has 0 amide bonds. The summed E-state index contributed by atoms with van der Waals surface area (Å²) >= 11 is -2.09. The van der Waals surface area contributed by atoms with E-state index >= 15 is 0 Å². The van der Waals surface area contributed by atoms with Gasteiger partial charge in [-0.15, -0.1) is 0 Å². The van der Waals surface area contributed by atoms with Gasteiger partial charge in [0.1, 0.15) is 0 Å². The third kappa shape index (κ3) is 7.46. The third-order valence-electron chi connectivity index (χ3n) is 3.93. The first-order valence-corrected chi connectivity index (χ1v) is 15.8. The zero-order chi connectivity index (χ0) is 13.9. The minimum absolute atomic E-state index is 0.870. The quantitative estimate of drug-likeness (QED) is 0.333. The van der Waals surface area contributed by atoms with Crippen LogP contribution in [-0.2, 0) is 0 Å². The Morgan fingerprint density at radius 2 is 1.33 bits per heavy atom. The van der Waals surface area contributed by atoms with E-state index in [1.54, 1.807) is 0 Å². The van der Waals surface area contributed by atoms with Crippen LogP contribution in [0.25, 0.3) is 0 Å². The monoisotopic (exact) mass is 357 g/mol. The Bertz CT molecular complexity index is 243. The van der Waals surface area contributed by atoms with Gasteiger partial charge in [0, 0.05) is 0 Å². The molecule has 0 saturated heterocycles. The van der Waals surface area contributed by atoms with Gasteiger partial charge >= 0.3 is 119 Å². The van der Waals surface area contributed by atoms with E-state index < -0.39 is 18.4 Å². The molecule has 0 aromatic carbocycles. The Morgan fingerprint density at radius 1 is 0.944 bits per heavy atom. The van der Waals surface area contributed by atoms with Crippen LogP contribution < -0.4 is 0 Å². The van der Waals surface area contributed by atoms with Gasteiger partial charge in [-0.1, -0.05) is 0 Å². The van der Waals surface area contributed by atoms with Crippen molar-refractivity contribution < 1.29 is 0 Å². The number of nitrogens with zero attached hydrogens (tertiary/aromatic N) is 1. The predicted octanol–water partition coefficient (Wildman–Crippen LogP) is 5.92. The van der Waals surface area contributed by atoms with Gasteiger partial charge in [-0.2, -0.15) is 0 Å². The number of unbranched alkanes of at least 4 members (excludes halogenated alkanes) is 3. The SMILES string of the molecule is C=C(C#N)[CH2][Sn]([CH2]CCC)([CH2]CCC)[CH2]CCC. The van der Waals surface area contributed by atoms with E-state index in [4.69, 9.17) is 5.26 Å². The van der Waals surface area contributed by atoms with Gasteiger partial charge in [0.15, 0.2) is 0 Å². The molecule has 0 fully saturated rings. The summed E-state index contributed by atoms with van der Waals surface area (Å²) in [6.45, 7) is 10.8. The molecule has 0 aromatic rings. The molecule has 0 unspecified atom stereocenters. The Kier molecular flexibility index (Phi) is 10.9. The van der Waals surface area contributed by atoms with Crippen LogP contribution in [0.4, 0.5) is 0 Å². The van der Waals surface area contributed by atoms with Gasteiger partial charge < -0.3 is 0 Å². The van der Waals surface area contributed by atoms with E-state index in [1.165, 1.54) is 51.8 Å². The maximum absolute atomic E-state index is 9.06. The molecule has 0 aliphatic carbocycles. The van der Waals surface area contributed by atoms with Crippen LogP contribution in [-0.4, -0.2) is 18.4 Å². The van der Waals surface area contributed by atoms with Gasteiger partial charge in [0.25, 0.3) is 0 Å². The number of rotatable bonds is 11. The van der Waals surface area contributed by atoms with Crippen molar-refractivity contribution in [2.45, 2.75) is 77.0 Å². The average Bonchev–Trinajstić information content (AvgIpc) is 2.40. The number of hydrogen-bond acceptors (Lipinski definition) is 1. The molecule has 0 aliphatic heterocycles. The molecule has 104 valence electrons. The van der Waals surface area contributed by atoms with E-state index in [9.17, 15) is 0 Å². The zero-order valence-corrected chi connectivity index (χ0v) is 15.6. The van der Waals surface area contributed by atoms with E-state index in [1.807, 2.05) is 0 Å². The molecule has 0 saturated carbocycles. The molecule has 0 rings (SSSR count). The van der Waals surface area contributed by atoms with Crippen LogP contribution in [0.15, 0.2) is 12.2 Å². The zero-order valence-electron chi connectivity index (χ0n) is 12.7. The fourth-order valence-corrected chi connectivity index (χ4v) is 18.7. The predicted molar refractivity (Wildman–Crippen MR) is 84.5 cm³/mol. The van der Waals surface area contributed by atoms with Gasteiger partial charge in [0.05, 0.1) is 0 Å².